The SMILES string of the molecule is N#Cc1ccnc(N2C(=O)CC[C@H]2C(=O)N(c2ccc3[nH]ccc3c2)[C@H](C(=O)NC2CC(F)(F)C2)c2ccccc2I)c1. The lowest BCUT2D eigenvalue weighted by Gasteiger charge is -2.39. The fourth-order valence-electron chi connectivity index (χ4n) is 5.72. The van der Waals surface area contributed by atoms with Gasteiger partial charge in [0.15, 0.2) is 0 Å². The first-order valence-corrected chi connectivity index (χ1v) is 14.7. The highest BCUT2D eigenvalue weighted by molar-refractivity contribution is 14.1. The number of carbonyl (C=O) groups excluding carboxylic acids is 3. The molecule has 0 spiro atoms. The van der Waals surface area contributed by atoms with Gasteiger partial charge in [-0.2, -0.15) is 5.26 Å². The third-order valence-electron chi connectivity index (χ3n) is 7.81. The molecule has 1 saturated carbocycles. The third-order valence-corrected chi connectivity index (χ3v) is 8.80. The van der Waals surface area contributed by atoms with E-state index in [1.807, 2.05) is 12.1 Å². The van der Waals surface area contributed by atoms with Crippen LogP contribution in [0.4, 0.5) is 20.3 Å². The normalized spacial score (nSPS) is 18.6. The summed E-state index contributed by atoms with van der Waals surface area (Å²) in [5.74, 6) is -4.17. The number of pyridine rings is 1. The third kappa shape index (κ3) is 5.56. The number of H-pyrrole nitrogens is 1. The number of amides is 3. The Balaban J connectivity index is 1.47. The molecule has 1 aliphatic heterocycles. The molecule has 3 amide bonds. The van der Waals surface area contributed by atoms with Crippen molar-refractivity contribution in [1.82, 2.24) is 15.3 Å². The van der Waals surface area contributed by atoms with Crippen LogP contribution in [0.5, 0.6) is 0 Å². The van der Waals surface area contributed by atoms with Crippen molar-refractivity contribution in [3.05, 3.63) is 87.8 Å². The maximum Gasteiger partial charge on any atom is 0.252 e. The first kappa shape index (κ1) is 28.7. The topological polar surface area (TPSA) is 122 Å². The van der Waals surface area contributed by atoms with Crippen molar-refractivity contribution in [2.45, 2.75) is 49.7 Å². The quantitative estimate of drug-likeness (QED) is 0.257. The Morgan fingerprint density at radius 2 is 1.95 bits per heavy atom. The number of anilines is 2. The molecule has 1 aliphatic carbocycles. The van der Waals surface area contributed by atoms with E-state index in [1.165, 1.54) is 28.1 Å². The molecule has 12 heteroatoms. The Morgan fingerprint density at radius 1 is 1.16 bits per heavy atom. The molecule has 2 aromatic carbocycles. The lowest BCUT2D eigenvalue weighted by Crippen LogP contribution is -2.56. The maximum absolute atomic E-state index is 14.7. The molecule has 1 saturated heterocycles. The number of alkyl halides is 2. The van der Waals surface area contributed by atoms with Crippen LogP contribution >= 0.6 is 22.6 Å². The number of halogens is 3. The van der Waals surface area contributed by atoms with Crippen LogP contribution in [0.1, 0.15) is 42.9 Å². The maximum atomic E-state index is 14.7. The first-order valence-electron chi connectivity index (χ1n) is 13.7. The fraction of sp³-hybridized carbons (Fsp3) is 0.258. The summed E-state index contributed by atoms with van der Waals surface area (Å²) in [6, 6.07) is 16.2. The Labute approximate surface area is 259 Å². The molecule has 218 valence electrons. The zero-order chi connectivity index (χ0) is 30.3. The number of nitrogens with zero attached hydrogens (tertiary/aromatic N) is 4. The molecule has 2 aromatic heterocycles. The summed E-state index contributed by atoms with van der Waals surface area (Å²) >= 11 is 2.09. The second kappa shape index (κ2) is 11.4. The average molecular weight is 694 g/mol. The highest BCUT2D eigenvalue weighted by Gasteiger charge is 2.48. The van der Waals surface area contributed by atoms with Gasteiger partial charge in [-0.3, -0.25) is 24.2 Å². The molecule has 4 aromatic rings. The van der Waals surface area contributed by atoms with Gasteiger partial charge in [0, 0.05) is 57.9 Å². The number of rotatable bonds is 7. The lowest BCUT2D eigenvalue weighted by atomic mass is 9.87. The number of hydrogen-bond acceptors (Lipinski definition) is 5. The van der Waals surface area contributed by atoms with Gasteiger partial charge in [0.2, 0.25) is 11.8 Å². The second-order valence-electron chi connectivity index (χ2n) is 10.7. The van der Waals surface area contributed by atoms with E-state index in [2.05, 4.69) is 37.9 Å². The van der Waals surface area contributed by atoms with E-state index in [-0.39, 0.29) is 30.1 Å². The summed E-state index contributed by atoms with van der Waals surface area (Å²) in [5, 5.41) is 12.9. The minimum atomic E-state index is -2.85. The number of nitriles is 1. The van der Waals surface area contributed by atoms with E-state index in [4.69, 9.17) is 0 Å². The molecule has 0 bridgehead atoms. The number of aromatic nitrogens is 2. The standard InChI is InChI=1S/C31H25F2IN6O3/c32-31(33)15-20(16-31)38-29(42)28(22-3-1-2-4-23(22)34)39(21-5-6-24-19(14-21)10-12-36-24)30(43)25-7-8-27(41)40(25)26-13-18(17-35)9-11-37-26/h1-6,9-14,20,25,28,36H,7-8,15-16H2,(H,38,42)/t25-,28-/m0/s1. The predicted molar refractivity (Wildman–Crippen MR) is 163 cm³/mol. The molecular weight excluding hydrogens is 669 g/mol. The number of nitrogens with one attached hydrogen (secondary N) is 2. The number of hydrogen-bond donors (Lipinski definition) is 2. The van der Waals surface area contributed by atoms with Crippen LogP contribution in [-0.4, -0.2) is 45.7 Å². The highest BCUT2D eigenvalue weighted by atomic mass is 127. The van der Waals surface area contributed by atoms with Crippen LogP contribution in [0.25, 0.3) is 10.9 Å². The minimum Gasteiger partial charge on any atom is -0.361 e. The summed E-state index contributed by atoms with van der Waals surface area (Å²) in [4.78, 5) is 52.0. The summed E-state index contributed by atoms with van der Waals surface area (Å²) < 4.78 is 28.1. The molecule has 2 atom stereocenters. The molecular formula is C31H25F2IN6O3. The highest BCUT2D eigenvalue weighted by Crippen LogP contribution is 2.39. The summed E-state index contributed by atoms with van der Waals surface area (Å²) in [6.07, 6.45) is 2.42. The van der Waals surface area contributed by atoms with Gasteiger partial charge in [-0.15, -0.1) is 0 Å². The molecule has 9 nitrogen and oxygen atoms in total. The summed E-state index contributed by atoms with van der Waals surface area (Å²) in [6.45, 7) is 0. The number of aromatic amines is 1. The smallest absolute Gasteiger partial charge is 0.252 e. The van der Waals surface area contributed by atoms with Gasteiger partial charge >= 0.3 is 0 Å². The Bertz CT molecular complexity index is 1780. The van der Waals surface area contributed by atoms with E-state index in [0.717, 1.165) is 10.9 Å². The van der Waals surface area contributed by atoms with Crippen molar-refractivity contribution in [2.24, 2.45) is 0 Å². The monoisotopic (exact) mass is 694 g/mol. The predicted octanol–water partition coefficient (Wildman–Crippen LogP) is 5.22. The van der Waals surface area contributed by atoms with Crippen molar-refractivity contribution < 1.29 is 23.2 Å². The Hall–Kier alpha value is -4.38. The van der Waals surface area contributed by atoms with Crippen molar-refractivity contribution >= 4 is 62.7 Å². The largest absolute Gasteiger partial charge is 0.361 e. The molecule has 0 unspecified atom stereocenters. The van der Waals surface area contributed by atoms with Crippen molar-refractivity contribution in [3.63, 3.8) is 0 Å². The van der Waals surface area contributed by atoms with Crippen molar-refractivity contribution in [1.29, 1.82) is 5.26 Å². The zero-order valence-corrected chi connectivity index (χ0v) is 24.8. The van der Waals surface area contributed by atoms with Crippen LogP contribution in [0.2, 0.25) is 0 Å². The number of fused-ring (bicyclic) bond motifs is 1. The number of benzene rings is 2. The van der Waals surface area contributed by atoms with E-state index < -0.39 is 48.7 Å². The lowest BCUT2D eigenvalue weighted by molar-refractivity contribution is -0.133. The van der Waals surface area contributed by atoms with E-state index >= 15 is 0 Å². The van der Waals surface area contributed by atoms with E-state index in [9.17, 15) is 28.4 Å². The number of carbonyl (C=O) groups is 3. The zero-order valence-electron chi connectivity index (χ0n) is 22.6. The van der Waals surface area contributed by atoms with Gasteiger partial charge in [-0.1, -0.05) is 18.2 Å². The molecule has 2 N–H and O–H groups in total. The van der Waals surface area contributed by atoms with Gasteiger partial charge in [-0.05, 0) is 77.0 Å². The molecule has 6 rings (SSSR count). The molecule has 2 aliphatic rings. The molecule has 43 heavy (non-hydrogen) atoms. The minimum absolute atomic E-state index is 0.0659. The van der Waals surface area contributed by atoms with Crippen LogP contribution < -0.4 is 15.1 Å². The fourth-order valence-corrected chi connectivity index (χ4v) is 6.40. The van der Waals surface area contributed by atoms with Crippen LogP contribution in [-0.2, 0) is 14.4 Å². The van der Waals surface area contributed by atoms with E-state index in [0.29, 0.717) is 14.8 Å². The van der Waals surface area contributed by atoms with Gasteiger partial charge in [0.05, 0.1) is 11.6 Å². The van der Waals surface area contributed by atoms with Gasteiger partial charge in [-0.25, -0.2) is 13.8 Å². The Kier molecular flexibility index (Phi) is 7.59. The summed E-state index contributed by atoms with van der Waals surface area (Å²) in [5.41, 5.74) is 2.00. The molecule has 2 fully saturated rings. The van der Waals surface area contributed by atoms with Crippen LogP contribution in [0.15, 0.2) is 73.1 Å². The average Bonchev–Trinajstić information content (AvgIpc) is 3.61. The van der Waals surface area contributed by atoms with Crippen LogP contribution in [0.3, 0.4) is 0 Å². The van der Waals surface area contributed by atoms with Crippen molar-refractivity contribution in [3.8, 4) is 6.07 Å². The van der Waals surface area contributed by atoms with Crippen LogP contribution in [0, 0.1) is 14.9 Å². The van der Waals surface area contributed by atoms with E-state index in [1.54, 1.807) is 48.7 Å². The Morgan fingerprint density at radius 3 is 2.70 bits per heavy atom. The van der Waals surface area contributed by atoms with Crippen molar-refractivity contribution in [2.75, 3.05) is 9.80 Å². The molecule has 0 radical (unpaired) electrons. The second-order valence-corrected chi connectivity index (χ2v) is 11.8. The first-order chi connectivity index (χ1) is 20.6. The van der Waals surface area contributed by atoms with Gasteiger partial charge < -0.3 is 10.3 Å². The molecule has 3 heterocycles. The summed E-state index contributed by atoms with van der Waals surface area (Å²) in [7, 11) is 0. The van der Waals surface area contributed by atoms with Gasteiger partial charge in [0.1, 0.15) is 17.9 Å². The van der Waals surface area contributed by atoms with Gasteiger partial charge in [0.25, 0.3) is 11.8 Å².